The lowest BCUT2D eigenvalue weighted by molar-refractivity contribution is -0.120. The van der Waals surface area contributed by atoms with Gasteiger partial charge >= 0.3 is 0 Å². The van der Waals surface area contributed by atoms with Crippen LogP contribution in [0.2, 0.25) is 0 Å². The van der Waals surface area contributed by atoms with Gasteiger partial charge in [0.15, 0.2) is 0 Å². The number of hydrogen-bond acceptors (Lipinski definition) is 4. The van der Waals surface area contributed by atoms with Gasteiger partial charge in [-0.1, -0.05) is 42.0 Å². The summed E-state index contributed by atoms with van der Waals surface area (Å²) >= 11 is 0. The molecule has 1 aliphatic heterocycles. The third kappa shape index (κ3) is 4.64. The fourth-order valence-corrected chi connectivity index (χ4v) is 3.45. The van der Waals surface area contributed by atoms with E-state index >= 15 is 0 Å². The number of rotatable bonds is 5. The van der Waals surface area contributed by atoms with E-state index in [1.54, 1.807) is 31.4 Å². The van der Waals surface area contributed by atoms with Crippen molar-refractivity contribution in [2.45, 2.75) is 13.3 Å². The van der Waals surface area contributed by atoms with E-state index in [2.05, 4.69) is 5.32 Å². The number of amides is 2. The number of hydrogen-bond donors (Lipinski definition) is 1. The van der Waals surface area contributed by atoms with Crippen LogP contribution in [0, 0.1) is 6.92 Å². The molecule has 1 N–H and O–H groups in total. The van der Waals surface area contributed by atoms with Gasteiger partial charge in [0.05, 0.1) is 30.6 Å². The van der Waals surface area contributed by atoms with Crippen molar-refractivity contribution in [2.75, 3.05) is 23.9 Å². The van der Waals surface area contributed by atoms with Crippen molar-refractivity contribution in [3.8, 4) is 5.75 Å². The first-order valence-corrected chi connectivity index (χ1v) is 10.0. The number of fused-ring (bicyclic) bond motifs is 1. The van der Waals surface area contributed by atoms with Crippen LogP contribution in [-0.4, -0.2) is 31.2 Å². The average molecular weight is 413 g/mol. The first kappa shape index (κ1) is 20.3. The van der Waals surface area contributed by atoms with E-state index in [1.807, 2.05) is 55.5 Å². The zero-order valence-corrected chi connectivity index (χ0v) is 17.5. The quantitative estimate of drug-likeness (QED) is 0.669. The van der Waals surface area contributed by atoms with Crippen molar-refractivity contribution in [1.82, 2.24) is 0 Å². The first-order chi connectivity index (χ1) is 15.0. The number of nitrogens with one attached hydrogen (secondary N) is 1. The molecule has 0 unspecified atom stereocenters. The second-order valence-corrected chi connectivity index (χ2v) is 7.35. The third-order valence-electron chi connectivity index (χ3n) is 5.11. The minimum atomic E-state index is -0.285. The maximum absolute atomic E-state index is 13.1. The number of anilines is 2. The predicted octanol–water partition coefficient (Wildman–Crippen LogP) is 4.50. The lowest BCUT2D eigenvalue weighted by atomic mass is 10.1. The number of para-hydroxylation sites is 2. The zero-order valence-electron chi connectivity index (χ0n) is 17.5. The summed E-state index contributed by atoms with van der Waals surface area (Å²) in [5.74, 6) is 0.247. The highest BCUT2D eigenvalue weighted by atomic mass is 16.5. The molecule has 4 rings (SSSR count). The molecule has 31 heavy (non-hydrogen) atoms. The fourth-order valence-electron chi connectivity index (χ4n) is 3.45. The maximum Gasteiger partial charge on any atom is 0.244 e. The van der Waals surface area contributed by atoms with Crippen molar-refractivity contribution >= 4 is 34.6 Å². The number of aryl methyl sites for hydroxylation is 1. The second kappa shape index (κ2) is 8.83. The van der Waals surface area contributed by atoms with Crippen molar-refractivity contribution < 1.29 is 14.3 Å². The number of ether oxygens (including phenoxy) is 1. The highest BCUT2D eigenvalue weighted by Gasteiger charge is 2.26. The normalized spacial score (nSPS) is 13.2. The summed E-state index contributed by atoms with van der Waals surface area (Å²) in [4.78, 5) is 32.1. The van der Waals surface area contributed by atoms with Crippen molar-refractivity contribution in [3.05, 3.63) is 83.9 Å². The molecule has 0 bridgehead atoms. The van der Waals surface area contributed by atoms with E-state index in [0.717, 1.165) is 11.1 Å². The largest absolute Gasteiger partial charge is 0.497 e. The third-order valence-corrected chi connectivity index (χ3v) is 5.11. The highest BCUT2D eigenvalue weighted by Crippen LogP contribution is 2.33. The Kier molecular flexibility index (Phi) is 5.80. The van der Waals surface area contributed by atoms with Crippen LogP contribution in [0.5, 0.6) is 5.75 Å². The van der Waals surface area contributed by atoms with Crippen LogP contribution < -0.4 is 15.0 Å². The number of carbonyl (C=O) groups excluding carboxylic acids is 2. The van der Waals surface area contributed by atoms with Gasteiger partial charge in [-0.3, -0.25) is 14.6 Å². The van der Waals surface area contributed by atoms with Gasteiger partial charge in [-0.05, 0) is 48.9 Å². The molecule has 0 radical (unpaired) electrons. The van der Waals surface area contributed by atoms with Gasteiger partial charge in [0.1, 0.15) is 12.3 Å². The minimum Gasteiger partial charge on any atom is -0.497 e. The zero-order chi connectivity index (χ0) is 21.8. The predicted molar refractivity (Wildman–Crippen MR) is 122 cm³/mol. The topological polar surface area (TPSA) is 71.0 Å². The number of benzene rings is 3. The molecule has 0 aliphatic carbocycles. The molecule has 3 aromatic rings. The summed E-state index contributed by atoms with van der Waals surface area (Å²) in [5.41, 5.74) is 4.66. The summed E-state index contributed by atoms with van der Waals surface area (Å²) in [6, 6.07) is 22.4. The van der Waals surface area contributed by atoms with Crippen molar-refractivity contribution in [2.24, 2.45) is 4.99 Å². The Morgan fingerprint density at radius 3 is 2.45 bits per heavy atom. The number of nitrogens with zero attached hydrogens (tertiary/aromatic N) is 2. The van der Waals surface area contributed by atoms with Crippen LogP contribution in [0.15, 0.2) is 77.8 Å². The highest BCUT2D eigenvalue weighted by molar-refractivity contribution is 6.19. The second-order valence-electron chi connectivity index (χ2n) is 7.35. The Hall–Kier alpha value is -3.93. The number of carbonyl (C=O) groups is 2. The van der Waals surface area contributed by atoms with Gasteiger partial charge in [-0.2, -0.15) is 0 Å². The molecule has 0 fully saturated rings. The molecule has 0 saturated carbocycles. The molecule has 2 amide bonds. The summed E-state index contributed by atoms with van der Waals surface area (Å²) in [6.45, 7) is 1.92. The standard InChI is InChI=1S/C25H23N3O3/c1-17-7-9-18(10-8-17)22-15-25(30)28(23-6-4-3-5-21(23)27-22)16-24(29)26-19-11-13-20(31-2)14-12-19/h3-14H,15-16H2,1-2H3,(H,26,29). The van der Waals surface area contributed by atoms with Gasteiger partial charge in [0.25, 0.3) is 0 Å². The van der Waals surface area contributed by atoms with Crippen LogP contribution in [0.1, 0.15) is 17.5 Å². The summed E-state index contributed by atoms with van der Waals surface area (Å²) in [6.07, 6.45) is 0.119. The lowest BCUT2D eigenvalue weighted by Crippen LogP contribution is -2.38. The van der Waals surface area contributed by atoms with Gasteiger partial charge in [0, 0.05) is 5.69 Å². The van der Waals surface area contributed by atoms with E-state index in [4.69, 9.17) is 9.73 Å². The molecule has 3 aromatic carbocycles. The van der Waals surface area contributed by atoms with Gasteiger partial charge in [-0.25, -0.2) is 0 Å². The van der Waals surface area contributed by atoms with E-state index in [9.17, 15) is 9.59 Å². The molecule has 0 aromatic heterocycles. The van der Waals surface area contributed by atoms with Crippen molar-refractivity contribution in [3.63, 3.8) is 0 Å². The smallest absolute Gasteiger partial charge is 0.244 e. The molecule has 0 atom stereocenters. The molecule has 0 saturated heterocycles. The number of aliphatic imine (C=N–C) groups is 1. The Morgan fingerprint density at radius 2 is 1.74 bits per heavy atom. The first-order valence-electron chi connectivity index (χ1n) is 10.0. The monoisotopic (exact) mass is 413 g/mol. The number of methoxy groups -OCH3 is 1. The van der Waals surface area contributed by atoms with E-state index in [0.29, 0.717) is 28.5 Å². The molecule has 156 valence electrons. The van der Waals surface area contributed by atoms with Crippen LogP contribution in [-0.2, 0) is 9.59 Å². The summed E-state index contributed by atoms with van der Waals surface area (Å²) in [7, 11) is 1.59. The Morgan fingerprint density at radius 1 is 1.03 bits per heavy atom. The minimum absolute atomic E-state index is 0.0986. The molecular formula is C25H23N3O3. The van der Waals surface area contributed by atoms with Crippen LogP contribution >= 0.6 is 0 Å². The van der Waals surface area contributed by atoms with Crippen LogP contribution in [0.4, 0.5) is 17.1 Å². The van der Waals surface area contributed by atoms with Gasteiger partial charge in [0.2, 0.25) is 11.8 Å². The molecule has 6 nitrogen and oxygen atoms in total. The summed E-state index contributed by atoms with van der Waals surface area (Å²) < 4.78 is 5.14. The van der Waals surface area contributed by atoms with E-state index in [-0.39, 0.29) is 24.8 Å². The molecule has 1 heterocycles. The van der Waals surface area contributed by atoms with Gasteiger partial charge in [-0.15, -0.1) is 0 Å². The molecule has 6 heteroatoms. The Bertz CT molecular complexity index is 1140. The van der Waals surface area contributed by atoms with Gasteiger partial charge < -0.3 is 15.0 Å². The van der Waals surface area contributed by atoms with Crippen LogP contribution in [0.3, 0.4) is 0 Å². The molecule has 1 aliphatic rings. The molecular weight excluding hydrogens is 390 g/mol. The van der Waals surface area contributed by atoms with Crippen molar-refractivity contribution in [1.29, 1.82) is 0 Å². The Balaban J connectivity index is 1.57. The maximum atomic E-state index is 13.1. The van der Waals surface area contributed by atoms with E-state index in [1.165, 1.54) is 4.90 Å². The van der Waals surface area contributed by atoms with Crippen LogP contribution in [0.25, 0.3) is 0 Å². The fraction of sp³-hybridized carbons (Fsp3) is 0.160. The SMILES string of the molecule is COc1ccc(NC(=O)CN2C(=O)CC(c3ccc(C)cc3)=Nc3ccccc32)cc1. The Labute approximate surface area is 181 Å². The van der Waals surface area contributed by atoms with E-state index < -0.39 is 0 Å². The average Bonchev–Trinajstić information content (AvgIpc) is 2.91. The lowest BCUT2D eigenvalue weighted by Gasteiger charge is -2.22. The molecule has 0 spiro atoms. The summed E-state index contributed by atoms with van der Waals surface area (Å²) in [5, 5.41) is 2.84.